The van der Waals surface area contributed by atoms with Gasteiger partial charge < -0.3 is 19.3 Å². The molecule has 0 aliphatic carbocycles. The van der Waals surface area contributed by atoms with Crippen molar-refractivity contribution >= 4 is 11.8 Å². The number of ether oxygens (including phenoxy) is 2. The quantitative estimate of drug-likeness (QED) is 0.729. The van der Waals surface area contributed by atoms with E-state index in [9.17, 15) is 14.0 Å². The number of benzene rings is 2. The molecule has 3 rings (SSSR count). The highest BCUT2D eigenvalue weighted by Crippen LogP contribution is 2.16. The molecule has 7 heteroatoms. The second kappa shape index (κ2) is 10.2. The van der Waals surface area contributed by atoms with E-state index in [1.807, 2.05) is 24.3 Å². The molecule has 2 aromatic rings. The van der Waals surface area contributed by atoms with Crippen LogP contribution in [0.2, 0.25) is 0 Å². The first kappa shape index (κ1) is 21.8. The molecule has 1 aliphatic rings. The highest BCUT2D eigenvalue weighted by atomic mass is 19.1. The Morgan fingerprint density at radius 1 is 1.03 bits per heavy atom. The molecular formula is C23H27FN2O4. The van der Waals surface area contributed by atoms with Crippen molar-refractivity contribution in [2.24, 2.45) is 0 Å². The van der Waals surface area contributed by atoms with Crippen LogP contribution < -0.4 is 4.74 Å². The summed E-state index contributed by atoms with van der Waals surface area (Å²) in [4.78, 5) is 28.8. The van der Waals surface area contributed by atoms with Gasteiger partial charge in [-0.1, -0.05) is 24.3 Å². The molecule has 160 valence electrons. The Balaban J connectivity index is 1.54. The molecule has 0 aromatic heterocycles. The van der Waals surface area contributed by atoms with E-state index in [1.165, 1.54) is 12.1 Å². The van der Waals surface area contributed by atoms with Gasteiger partial charge >= 0.3 is 0 Å². The molecule has 1 saturated heterocycles. The predicted octanol–water partition coefficient (Wildman–Crippen LogP) is 3.11. The molecule has 1 aliphatic heterocycles. The van der Waals surface area contributed by atoms with Gasteiger partial charge in [0.2, 0.25) is 0 Å². The van der Waals surface area contributed by atoms with E-state index < -0.39 is 11.9 Å². The Hall–Kier alpha value is -2.93. The molecule has 0 bridgehead atoms. The summed E-state index contributed by atoms with van der Waals surface area (Å²) in [6.45, 7) is 3.81. The number of hydrogen-bond acceptors (Lipinski definition) is 4. The summed E-state index contributed by atoms with van der Waals surface area (Å²) < 4.78 is 24.9. The number of rotatable bonds is 6. The van der Waals surface area contributed by atoms with Crippen molar-refractivity contribution in [1.29, 1.82) is 0 Å². The van der Waals surface area contributed by atoms with E-state index in [-0.39, 0.29) is 17.4 Å². The van der Waals surface area contributed by atoms with Gasteiger partial charge in [0.15, 0.2) is 0 Å². The zero-order valence-electron chi connectivity index (χ0n) is 17.3. The Bertz CT molecular complexity index is 889. The monoisotopic (exact) mass is 414 g/mol. The number of amides is 2. The minimum Gasteiger partial charge on any atom is -0.497 e. The van der Waals surface area contributed by atoms with Crippen LogP contribution in [0, 0.1) is 5.82 Å². The Labute approximate surface area is 176 Å². The van der Waals surface area contributed by atoms with E-state index in [2.05, 4.69) is 0 Å². The first-order valence-corrected chi connectivity index (χ1v) is 10.1. The average Bonchev–Trinajstić information content (AvgIpc) is 3.03. The van der Waals surface area contributed by atoms with E-state index >= 15 is 0 Å². The van der Waals surface area contributed by atoms with Crippen molar-refractivity contribution in [2.45, 2.75) is 26.1 Å². The first-order valence-electron chi connectivity index (χ1n) is 10.1. The van der Waals surface area contributed by atoms with Gasteiger partial charge in [-0.2, -0.15) is 0 Å². The smallest absolute Gasteiger partial charge is 0.256 e. The molecule has 30 heavy (non-hydrogen) atoms. The highest BCUT2D eigenvalue weighted by molar-refractivity contribution is 5.94. The van der Waals surface area contributed by atoms with Crippen molar-refractivity contribution < 1.29 is 23.5 Å². The van der Waals surface area contributed by atoms with Crippen LogP contribution in [0.15, 0.2) is 48.5 Å². The molecule has 2 amide bonds. The van der Waals surface area contributed by atoms with Crippen molar-refractivity contribution in [3.05, 3.63) is 65.5 Å². The molecule has 2 aromatic carbocycles. The van der Waals surface area contributed by atoms with Crippen LogP contribution in [0.3, 0.4) is 0 Å². The number of carbonyl (C=O) groups is 2. The third kappa shape index (κ3) is 5.36. The van der Waals surface area contributed by atoms with Crippen LogP contribution in [-0.2, 0) is 16.1 Å². The number of nitrogens with zero attached hydrogens (tertiary/aromatic N) is 2. The average molecular weight is 414 g/mol. The van der Waals surface area contributed by atoms with Crippen molar-refractivity contribution in [1.82, 2.24) is 9.80 Å². The van der Waals surface area contributed by atoms with Gasteiger partial charge in [-0.05, 0) is 43.2 Å². The van der Waals surface area contributed by atoms with Crippen LogP contribution >= 0.6 is 0 Å². The van der Waals surface area contributed by atoms with Crippen molar-refractivity contribution in [3.63, 3.8) is 0 Å². The zero-order valence-corrected chi connectivity index (χ0v) is 17.3. The van der Waals surface area contributed by atoms with E-state index in [1.54, 1.807) is 36.0 Å². The summed E-state index contributed by atoms with van der Waals surface area (Å²) in [6.07, 6.45) is 0.0270. The van der Waals surface area contributed by atoms with Crippen LogP contribution in [0.5, 0.6) is 5.75 Å². The van der Waals surface area contributed by atoms with E-state index in [0.717, 1.165) is 11.3 Å². The minimum absolute atomic E-state index is 0.0623. The van der Waals surface area contributed by atoms with Crippen LogP contribution in [0.1, 0.15) is 29.3 Å². The highest BCUT2D eigenvalue weighted by Gasteiger charge is 2.26. The largest absolute Gasteiger partial charge is 0.497 e. The Morgan fingerprint density at radius 3 is 2.53 bits per heavy atom. The standard InChI is InChI=1S/C23H27FN2O4/c1-17(30-16-18-7-5-8-19(15-18)29-2)22(27)25-11-6-12-26(14-13-25)23(28)20-9-3-4-10-21(20)24/h3-5,7-10,15,17H,6,11-14,16H2,1-2H3. The number of carbonyl (C=O) groups excluding carboxylic acids is 2. The lowest BCUT2D eigenvalue weighted by atomic mass is 10.2. The molecule has 6 nitrogen and oxygen atoms in total. The molecule has 0 spiro atoms. The fourth-order valence-electron chi connectivity index (χ4n) is 3.46. The van der Waals surface area contributed by atoms with Gasteiger partial charge in [-0.25, -0.2) is 4.39 Å². The number of halogens is 1. The zero-order chi connectivity index (χ0) is 21.5. The van der Waals surface area contributed by atoms with Gasteiger partial charge in [-0.3, -0.25) is 9.59 Å². The van der Waals surface area contributed by atoms with E-state index in [4.69, 9.17) is 9.47 Å². The van der Waals surface area contributed by atoms with Gasteiger partial charge in [-0.15, -0.1) is 0 Å². The SMILES string of the molecule is COc1cccc(COC(C)C(=O)N2CCCN(C(=O)c3ccccc3F)CC2)c1. The molecule has 0 saturated carbocycles. The predicted molar refractivity (Wildman–Crippen MR) is 111 cm³/mol. The molecule has 1 heterocycles. The Morgan fingerprint density at radius 2 is 1.77 bits per heavy atom. The molecule has 1 fully saturated rings. The second-order valence-electron chi connectivity index (χ2n) is 7.26. The molecule has 1 atom stereocenters. The van der Waals surface area contributed by atoms with Gasteiger partial charge in [0.25, 0.3) is 11.8 Å². The summed E-state index contributed by atoms with van der Waals surface area (Å²) in [5, 5.41) is 0. The topological polar surface area (TPSA) is 59.1 Å². The summed E-state index contributed by atoms with van der Waals surface area (Å²) in [5.74, 6) is -0.246. The lowest BCUT2D eigenvalue weighted by Crippen LogP contribution is -2.42. The van der Waals surface area contributed by atoms with Gasteiger partial charge in [0, 0.05) is 26.2 Å². The van der Waals surface area contributed by atoms with Crippen LogP contribution in [-0.4, -0.2) is 61.0 Å². The maximum atomic E-state index is 13.9. The van der Waals surface area contributed by atoms with Crippen LogP contribution in [0.4, 0.5) is 4.39 Å². The lowest BCUT2D eigenvalue weighted by Gasteiger charge is -2.25. The molecular weight excluding hydrogens is 387 g/mol. The second-order valence-corrected chi connectivity index (χ2v) is 7.26. The van der Waals surface area contributed by atoms with Crippen LogP contribution in [0.25, 0.3) is 0 Å². The third-order valence-corrected chi connectivity index (χ3v) is 5.18. The summed E-state index contributed by atoms with van der Waals surface area (Å²) in [5.41, 5.74) is 0.985. The van der Waals surface area contributed by atoms with Crippen molar-refractivity contribution in [3.8, 4) is 5.75 Å². The minimum atomic E-state index is -0.606. The molecule has 0 N–H and O–H groups in total. The van der Waals surface area contributed by atoms with E-state index in [0.29, 0.717) is 39.2 Å². The first-order chi connectivity index (χ1) is 14.5. The number of hydrogen-bond donors (Lipinski definition) is 0. The lowest BCUT2D eigenvalue weighted by molar-refractivity contribution is -0.143. The fourth-order valence-corrected chi connectivity index (χ4v) is 3.46. The fraction of sp³-hybridized carbons (Fsp3) is 0.391. The maximum Gasteiger partial charge on any atom is 0.256 e. The van der Waals surface area contributed by atoms with Crippen molar-refractivity contribution in [2.75, 3.05) is 33.3 Å². The molecule has 1 unspecified atom stereocenters. The molecule has 0 radical (unpaired) electrons. The number of methoxy groups -OCH3 is 1. The Kier molecular flexibility index (Phi) is 7.41. The summed E-state index contributed by atoms with van der Waals surface area (Å²) in [6, 6.07) is 13.5. The summed E-state index contributed by atoms with van der Waals surface area (Å²) >= 11 is 0. The maximum absolute atomic E-state index is 13.9. The van der Waals surface area contributed by atoms with Gasteiger partial charge in [0.1, 0.15) is 17.7 Å². The third-order valence-electron chi connectivity index (χ3n) is 5.18. The summed E-state index contributed by atoms with van der Waals surface area (Å²) in [7, 11) is 1.60. The van der Waals surface area contributed by atoms with Gasteiger partial charge in [0.05, 0.1) is 19.3 Å². The normalized spacial score (nSPS) is 15.4.